The van der Waals surface area contributed by atoms with Crippen molar-refractivity contribution in [3.63, 3.8) is 0 Å². The van der Waals surface area contributed by atoms with E-state index in [9.17, 15) is 4.79 Å². The molecule has 4 rings (SSSR count). The fourth-order valence-corrected chi connectivity index (χ4v) is 4.50. The van der Waals surface area contributed by atoms with E-state index in [1.807, 2.05) is 43.3 Å². The van der Waals surface area contributed by atoms with E-state index >= 15 is 0 Å². The van der Waals surface area contributed by atoms with Crippen molar-refractivity contribution in [3.05, 3.63) is 70.5 Å². The average Bonchev–Trinajstić information content (AvgIpc) is 3.40. The molecule has 150 valence electrons. The molecule has 0 aliphatic heterocycles. The van der Waals surface area contributed by atoms with Crippen molar-refractivity contribution in [1.82, 2.24) is 14.8 Å². The normalized spacial score (nSPS) is 17.9. The highest BCUT2D eigenvalue weighted by Crippen LogP contribution is 2.54. The Balaban J connectivity index is 1.40. The number of hydrogen-bond donors (Lipinski definition) is 1. The molecule has 1 aliphatic carbocycles. The maximum absolute atomic E-state index is 12.4. The smallest absolute Gasteiger partial charge is 0.234 e. The standard InChI is InChI=1S/C22H23ClN4OS/c1-3-27-21(18-12-17(18)15-8-10-16(23)11-9-15)25-26-22(27)29-13-20(28)24-19-7-5-4-6-14(19)2/h4-11,17-18H,3,12-13H2,1-2H3,(H,24,28). The lowest BCUT2D eigenvalue weighted by atomic mass is 10.1. The molecule has 0 saturated heterocycles. The minimum Gasteiger partial charge on any atom is -0.325 e. The van der Waals surface area contributed by atoms with Gasteiger partial charge >= 0.3 is 0 Å². The Morgan fingerprint density at radius 1 is 1.17 bits per heavy atom. The van der Waals surface area contributed by atoms with Gasteiger partial charge in [0.2, 0.25) is 5.91 Å². The van der Waals surface area contributed by atoms with Crippen LogP contribution in [-0.4, -0.2) is 26.4 Å². The van der Waals surface area contributed by atoms with E-state index in [-0.39, 0.29) is 5.91 Å². The molecule has 1 aromatic heterocycles. The molecule has 1 N–H and O–H groups in total. The zero-order valence-corrected chi connectivity index (χ0v) is 18.0. The summed E-state index contributed by atoms with van der Waals surface area (Å²) in [6.45, 7) is 4.85. The predicted octanol–water partition coefficient (Wildman–Crippen LogP) is 5.26. The number of nitrogens with zero attached hydrogens (tertiary/aromatic N) is 3. The van der Waals surface area contributed by atoms with E-state index in [4.69, 9.17) is 11.6 Å². The van der Waals surface area contributed by atoms with Gasteiger partial charge in [0.1, 0.15) is 5.82 Å². The summed E-state index contributed by atoms with van der Waals surface area (Å²) < 4.78 is 2.13. The van der Waals surface area contributed by atoms with Crippen LogP contribution in [0.4, 0.5) is 5.69 Å². The number of thioether (sulfide) groups is 1. The van der Waals surface area contributed by atoms with Crippen LogP contribution in [-0.2, 0) is 11.3 Å². The number of hydrogen-bond acceptors (Lipinski definition) is 4. The minimum absolute atomic E-state index is 0.0398. The van der Waals surface area contributed by atoms with Gasteiger partial charge < -0.3 is 9.88 Å². The van der Waals surface area contributed by atoms with Gasteiger partial charge in [0, 0.05) is 23.2 Å². The van der Waals surface area contributed by atoms with Crippen LogP contribution in [0.2, 0.25) is 5.02 Å². The first-order chi connectivity index (χ1) is 14.1. The molecule has 1 saturated carbocycles. The molecule has 2 aromatic carbocycles. The van der Waals surface area contributed by atoms with Crippen molar-refractivity contribution in [1.29, 1.82) is 0 Å². The molecule has 2 unspecified atom stereocenters. The number of nitrogens with one attached hydrogen (secondary N) is 1. The molecule has 0 bridgehead atoms. The Bertz CT molecular complexity index is 1020. The van der Waals surface area contributed by atoms with Crippen LogP contribution < -0.4 is 5.32 Å². The summed E-state index contributed by atoms with van der Waals surface area (Å²) in [6, 6.07) is 15.8. The van der Waals surface area contributed by atoms with Gasteiger partial charge in [-0.3, -0.25) is 4.79 Å². The van der Waals surface area contributed by atoms with Crippen LogP contribution >= 0.6 is 23.4 Å². The van der Waals surface area contributed by atoms with Crippen molar-refractivity contribution in [3.8, 4) is 0 Å². The lowest BCUT2D eigenvalue weighted by Crippen LogP contribution is -2.15. The van der Waals surface area contributed by atoms with Gasteiger partial charge in [-0.15, -0.1) is 10.2 Å². The molecule has 1 fully saturated rings. The van der Waals surface area contributed by atoms with Crippen molar-refractivity contribution >= 4 is 35.0 Å². The SMILES string of the molecule is CCn1c(SCC(=O)Nc2ccccc2C)nnc1C1CC1c1ccc(Cl)cc1. The minimum atomic E-state index is -0.0398. The van der Waals surface area contributed by atoms with Crippen LogP contribution in [0.15, 0.2) is 53.7 Å². The number of aryl methyl sites for hydroxylation is 1. The average molecular weight is 427 g/mol. The van der Waals surface area contributed by atoms with Crippen molar-refractivity contribution < 1.29 is 4.79 Å². The van der Waals surface area contributed by atoms with E-state index in [1.165, 1.54) is 17.3 Å². The largest absolute Gasteiger partial charge is 0.325 e. The van der Waals surface area contributed by atoms with Crippen LogP contribution in [0.3, 0.4) is 0 Å². The zero-order valence-electron chi connectivity index (χ0n) is 16.4. The first-order valence-electron chi connectivity index (χ1n) is 9.73. The third-order valence-corrected chi connectivity index (χ3v) is 6.45. The molecule has 1 aliphatic rings. The predicted molar refractivity (Wildman–Crippen MR) is 118 cm³/mol. The topological polar surface area (TPSA) is 59.8 Å². The summed E-state index contributed by atoms with van der Waals surface area (Å²) in [6.07, 6.45) is 1.07. The fourth-order valence-electron chi connectivity index (χ4n) is 3.57. The number of amides is 1. The first kappa shape index (κ1) is 20.0. The van der Waals surface area contributed by atoms with Crippen molar-refractivity contribution in [2.24, 2.45) is 0 Å². The number of carbonyl (C=O) groups is 1. The zero-order chi connectivity index (χ0) is 20.4. The van der Waals surface area contributed by atoms with E-state index in [0.29, 0.717) is 17.6 Å². The van der Waals surface area contributed by atoms with Crippen molar-refractivity contribution in [2.75, 3.05) is 11.1 Å². The maximum atomic E-state index is 12.4. The van der Waals surface area contributed by atoms with Crippen LogP contribution in [0, 0.1) is 6.92 Å². The molecule has 0 spiro atoms. The molecule has 1 amide bonds. The molecule has 0 radical (unpaired) electrons. The van der Waals surface area contributed by atoms with Gasteiger partial charge in [0.05, 0.1) is 5.75 Å². The number of benzene rings is 2. The molecule has 1 heterocycles. The molecule has 2 atom stereocenters. The Morgan fingerprint density at radius 3 is 2.66 bits per heavy atom. The number of para-hydroxylation sites is 1. The number of halogens is 1. The van der Waals surface area contributed by atoms with Crippen LogP contribution in [0.5, 0.6) is 0 Å². The van der Waals surface area contributed by atoms with Gasteiger partial charge in [-0.2, -0.15) is 0 Å². The van der Waals surface area contributed by atoms with E-state index in [1.54, 1.807) is 0 Å². The second-order valence-corrected chi connectivity index (χ2v) is 8.62. The third-order valence-electron chi connectivity index (χ3n) is 5.23. The highest BCUT2D eigenvalue weighted by molar-refractivity contribution is 7.99. The molecule has 3 aromatic rings. The number of anilines is 1. The summed E-state index contributed by atoms with van der Waals surface area (Å²) in [5.74, 6) is 2.11. The van der Waals surface area contributed by atoms with Crippen LogP contribution in [0.25, 0.3) is 0 Å². The van der Waals surface area contributed by atoms with Gasteiger partial charge in [-0.05, 0) is 55.5 Å². The Morgan fingerprint density at radius 2 is 1.93 bits per heavy atom. The van der Waals surface area contributed by atoms with Gasteiger partial charge in [0.15, 0.2) is 5.16 Å². The van der Waals surface area contributed by atoms with Gasteiger partial charge in [-0.1, -0.05) is 53.7 Å². The lowest BCUT2D eigenvalue weighted by Gasteiger charge is -2.09. The first-order valence-corrected chi connectivity index (χ1v) is 11.1. The highest BCUT2D eigenvalue weighted by Gasteiger charge is 2.43. The Labute approximate surface area is 179 Å². The number of carbonyl (C=O) groups excluding carboxylic acids is 1. The second-order valence-electron chi connectivity index (χ2n) is 7.24. The quantitative estimate of drug-likeness (QED) is 0.523. The number of aromatic nitrogens is 3. The van der Waals surface area contributed by atoms with Crippen LogP contribution in [0.1, 0.15) is 42.1 Å². The Hall–Kier alpha value is -2.31. The monoisotopic (exact) mass is 426 g/mol. The second kappa shape index (κ2) is 8.59. The summed E-state index contributed by atoms with van der Waals surface area (Å²) >= 11 is 7.43. The van der Waals surface area contributed by atoms with Crippen molar-refractivity contribution in [2.45, 2.75) is 43.8 Å². The summed E-state index contributed by atoms with van der Waals surface area (Å²) in [7, 11) is 0. The summed E-state index contributed by atoms with van der Waals surface area (Å²) in [4.78, 5) is 12.4. The lowest BCUT2D eigenvalue weighted by molar-refractivity contribution is -0.113. The Kier molecular flexibility index (Phi) is 5.92. The highest BCUT2D eigenvalue weighted by atomic mass is 35.5. The summed E-state index contributed by atoms with van der Waals surface area (Å²) in [5, 5.41) is 13.3. The van der Waals surface area contributed by atoms with E-state index in [2.05, 4.69) is 39.1 Å². The van der Waals surface area contributed by atoms with Gasteiger partial charge in [0.25, 0.3) is 0 Å². The molecular weight excluding hydrogens is 404 g/mol. The fraction of sp³-hybridized carbons (Fsp3) is 0.318. The maximum Gasteiger partial charge on any atom is 0.234 e. The summed E-state index contributed by atoms with van der Waals surface area (Å²) in [5.41, 5.74) is 3.18. The molecule has 7 heteroatoms. The molecule has 5 nitrogen and oxygen atoms in total. The van der Waals surface area contributed by atoms with Gasteiger partial charge in [-0.25, -0.2) is 0 Å². The van der Waals surface area contributed by atoms with E-state index < -0.39 is 0 Å². The molecule has 29 heavy (non-hydrogen) atoms. The number of rotatable bonds is 7. The molecular formula is C22H23ClN4OS. The third kappa shape index (κ3) is 4.49. The van der Waals surface area contributed by atoms with E-state index in [0.717, 1.165) is 40.2 Å².